The number of carbonyl (C=O) groups excluding carboxylic acids is 1. The Labute approximate surface area is 178 Å². The molecule has 0 bridgehead atoms. The predicted molar refractivity (Wildman–Crippen MR) is 119 cm³/mol. The standard InChI is InChI=1S/C24H32N4O2/c1-6-27(18-10-8-7-9-11-18)24(29)20-13-22(19-12-16(4)30-17(19)5)26-23-21(20)14-25-28(23)15(2)3/h12-15,18H,6-11H2,1-5H3. The number of hydrogen-bond acceptors (Lipinski definition) is 4. The molecule has 3 heterocycles. The minimum atomic E-state index is 0.0826. The van der Waals surface area contributed by atoms with Gasteiger partial charge in [0, 0.05) is 24.2 Å². The summed E-state index contributed by atoms with van der Waals surface area (Å²) in [5.74, 6) is 1.74. The second kappa shape index (κ2) is 8.25. The first-order valence-corrected chi connectivity index (χ1v) is 11.2. The number of aromatic nitrogens is 3. The van der Waals surface area contributed by atoms with E-state index in [2.05, 4.69) is 30.8 Å². The van der Waals surface area contributed by atoms with E-state index in [0.29, 0.717) is 18.2 Å². The molecule has 0 unspecified atom stereocenters. The fourth-order valence-electron chi connectivity index (χ4n) is 4.71. The van der Waals surface area contributed by atoms with Gasteiger partial charge in [-0.25, -0.2) is 9.67 Å². The third-order valence-corrected chi connectivity index (χ3v) is 6.22. The van der Waals surface area contributed by atoms with Crippen LogP contribution in [-0.2, 0) is 0 Å². The molecule has 0 aromatic carbocycles. The van der Waals surface area contributed by atoms with Crippen LogP contribution in [0, 0.1) is 13.8 Å². The molecule has 0 spiro atoms. The molecule has 1 amide bonds. The number of nitrogens with zero attached hydrogens (tertiary/aromatic N) is 4. The minimum absolute atomic E-state index is 0.0826. The van der Waals surface area contributed by atoms with Gasteiger partial charge >= 0.3 is 0 Å². The monoisotopic (exact) mass is 408 g/mol. The van der Waals surface area contributed by atoms with Crippen LogP contribution < -0.4 is 0 Å². The highest BCUT2D eigenvalue weighted by Crippen LogP contribution is 2.32. The van der Waals surface area contributed by atoms with Crippen molar-refractivity contribution < 1.29 is 9.21 Å². The van der Waals surface area contributed by atoms with Crippen LogP contribution in [0.5, 0.6) is 0 Å². The van der Waals surface area contributed by atoms with Gasteiger partial charge in [-0.15, -0.1) is 0 Å². The van der Waals surface area contributed by atoms with Gasteiger partial charge in [-0.2, -0.15) is 5.10 Å². The zero-order valence-electron chi connectivity index (χ0n) is 18.7. The highest BCUT2D eigenvalue weighted by molar-refractivity contribution is 6.06. The Morgan fingerprint density at radius 1 is 1.23 bits per heavy atom. The van der Waals surface area contributed by atoms with E-state index in [1.165, 1.54) is 19.3 Å². The lowest BCUT2D eigenvalue weighted by Crippen LogP contribution is -2.41. The molecule has 6 heteroatoms. The molecule has 1 aliphatic rings. The molecule has 1 saturated carbocycles. The van der Waals surface area contributed by atoms with Crippen molar-refractivity contribution in [3.05, 3.63) is 35.4 Å². The van der Waals surface area contributed by atoms with E-state index >= 15 is 0 Å². The molecule has 0 N–H and O–H groups in total. The number of amides is 1. The number of furan rings is 1. The predicted octanol–water partition coefficient (Wildman–Crippen LogP) is 5.68. The molecule has 0 radical (unpaired) electrons. The lowest BCUT2D eigenvalue weighted by Gasteiger charge is -2.33. The lowest BCUT2D eigenvalue weighted by molar-refractivity contribution is 0.0650. The Balaban J connectivity index is 1.87. The Hall–Kier alpha value is -2.63. The van der Waals surface area contributed by atoms with Gasteiger partial charge in [0.05, 0.1) is 22.8 Å². The van der Waals surface area contributed by atoms with Gasteiger partial charge in [-0.1, -0.05) is 19.3 Å². The molecule has 1 fully saturated rings. The SMILES string of the molecule is CCN(C(=O)c1cc(-c2cc(C)oc2C)nc2c1cnn2C(C)C)C1CCCCC1. The van der Waals surface area contributed by atoms with Crippen molar-refractivity contribution in [2.45, 2.75) is 78.8 Å². The summed E-state index contributed by atoms with van der Waals surface area (Å²) in [5.41, 5.74) is 3.14. The van der Waals surface area contributed by atoms with Gasteiger partial charge in [-0.05, 0) is 59.6 Å². The van der Waals surface area contributed by atoms with Crippen molar-refractivity contribution in [2.75, 3.05) is 6.54 Å². The third-order valence-electron chi connectivity index (χ3n) is 6.22. The smallest absolute Gasteiger partial charge is 0.254 e. The lowest BCUT2D eigenvalue weighted by atomic mass is 9.93. The van der Waals surface area contributed by atoms with Crippen LogP contribution in [0.15, 0.2) is 22.7 Å². The number of fused-ring (bicyclic) bond motifs is 1. The topological polar surface area (TPSA) is 64.2 Å². The number of pyridine rings is 1. The maximum atomic E-state index is 13.8. The molecule has 6 nitrogen and oxygen atoms in total. The molecule has 1 aliphatic carbocycles. The Kier molecular flexibility index (Phi) is 5.67. The van der Waals surface area contributed by atoms with Gasteiger partial charge in [0.1, 0.15) is 11.5 Å². The van der Waals surface area contributed by atoms with E-state index in [0.717, 1.165) is 46.7 Å². The van der Waals surface area contributed by atoms with E-state index in [9.17, 15) is 4.79 Å². The van der Waals surface area contributed by atoms with Gasteiger partial charge in [0.25, 0.3) is 5.91 Å². The molecular formula is C24H32N4O2. The first-order chi connectivity index (χ1) is 14.4. The highest BCUT2D eigenvalue weighted by atomic mass is 16.3. The van der Waals surface area contributed by atoms with Gasteiger partial charge in [0.15, 0.2) is 5.65 Å². The van der Waals surface area contributed by atoms with Gasteiger partial charge < -0.3 is 9.32 Å². The molecule has 160 valence electrons. The van der Waals surface area contributed by atoms with E-state index in [1.54, 1.807) is 6.20 Å². The number of aryl methyl sites for hydroxylation is 2. The summed E-state index contributed by atoms with van der Waals surface area (Å²) in [6.45, 7) is 10.8. The Morgan fingerprint density at radius 2 is 1.97 bits per heavy atom. The second-order valence-corrected chi connectivity index (χ2v) is 8.69. The zero-order chi connectivity index (χ0) is 21.4. The summed E-state index contributed by atoms with van der Waals surface area (Å²) in [6.07, 6.45) is 7.64. The molecule has 30 heavy (non-hydrogen) atoms. The van der Waals surface area contributed by atoms with Crippen molar-refractivity contribution in [1.82, 2.24) is 19.7 Å². The average molecular weight is 409 g/mol. The van der Waals surface area contributed by atoms with Crippen LogP contribution >= 0.6 is 0 Å². The van der Waals surface area contributed by atoms with Crippen LogP contribution in [0.4, 0.5) is 0 Å². The molecular weight excluding hydrogens is 376 g/mol. The summed E-state index contributed by atoms with van der Waals surface area (Å²) in [7, 11) is 0. The van der Waals surface area contributed by atoms with Crippen molar-refractivity contribution in [2.24, 2.45) is 0 Å². The van der Waals surface area contributed by atoms with Crippen molar-refractivity contribution in [3.8, 4) is 11.3 Å². The normalized spacial score (nSPS) is 15.3. The zero-order valence-corrected chi connectivity index (χ0v) is 18.7. The van der Waals surface area contributed by atoms with Crippen LogP contribution in [0.1, 0.15) is 80.8 Å². The molecule has 3 aromatic heterocycles. The van der Waals surface area contributed by atoms with Crippen LogP contribution in [0.25, 0.3) is 22.3 Å². The molecule has 0 aliphatic heterocycles. The second-order valence-electron chi connectivity index (χ2n) is 8.69. The summed E-state index contributed by atoms with van der Waals surface area (Å²) in [5, 5.41) is 5.38. The van der Waals surface area contributed by atoms with Crippen molar-refractivity contribution in [3.63, 3.8) is 0 Å². The number of carbonyl (C=O) groups is 1. The first kappa shape index (κ1) is 20.6. The van der Waals surface area contributed by atoms with Crippen LogP contribution in [-0.4, -0.2) is 38.2 Å². The molecule has 0 atom stereocenters. The average Bonchev–Trinajstić information content (AvgIpc) is 3.31. The molecule has 3 aromatic rings. The summed E-state index contributed by atoms with van der Waals surface area (Å²) >= 11 is 0. The molecule has 0 saturated heterocycles. The van der Waals surface area contributed by atoms with E-state index in [4.69, 9.17) is 9.40 Å². The Bertz CT molecular complexity index is 1060. The highest BCUT2D eigenvalue weighted by Gasteiger charge is 2.28. The van der Waals surface area contributed by atoms with E-state index in [1.807, 2.05) is 30.7 Å². The first-order valence-electron chi connectivity index (χ1n) is 11.2. The largest absolute Gasteiger partial charge is 0.466 e. The maximum absolute atomic E-state index is 13.8. The molecule has 4 rings (SSSR count). The number of hydrogen-bond donors (Lipinski definition) is 0. The quantitative estimate of drug-likeness (QED) is 0.544. The minimum Gasteiger partial charge on any atom is -0.466 e. The fourth-order valence-corrected chi connectivity index (χ4v) is 4.71. The fraction of sp³-hybridized carbons (Fsp3) is 0.542. The van der Waals surface area contributed by atoms with Gasteiger partial charge in [-0.3, -0.25) is 4.79 Å². The van der Waals surface area contributed by atoms with Gasteiger partial charge in [0.2, 0.25) is 0 Å². The van der Waals surface area contributed by atoms with Crippen molar-refractivity contribution in [1.29, 1.82) is 0 Å². The maximum Gasteiger partial charge on any atom is 0.254 e. The summed E-state index contributed by atoms with van der Waals surface area (Å²) in [6, 6.07) is 4.40. The van der Waals surface area contributed by atoms with Crippen LogP contribution in [0.3, 0.4) is 0 Å². The van der Waals surface area contributed by atoms with Crippen LogP contribution in [0.2, 0.25) is 0 Å². The third kappa shape index (κ3) is 3.64. The summed E-state index contributed by atoms with van der Waals surface area (Å²) in [4.78, 5) is 20.7. The van der Waals surface area contributed by atoms with Crippen molar-refractivity contribution >= 4 is 16.9 Å². The van der Waals surface area contributed by atoms with E-state index in [-0.39, 0.29) is 11.9 Å². The van der Waals surface area contributed by atoms with E-state index < -0.39 is 0 Å². The Morgan fingerprint density at radius 3 is 2.57 bits per heavy atom. The number of rotatable bonds is 5. The summed E-state index contributed by atoms with van der Waals surface area (Å²) < 4.78 is 7.64.